The Kier molecular flexibility index (Phi) is 17.3. The summed E-state index contributed by atoms with van der Waals surface area (Å²) in [6.07, 6.45) is 2.86. The van der Waals surface area contributed by atoms with E-state index in [2.05, 4.69) is 91.7 Å². The Morgan fingerprint density at radius 2 is 1.42 bits per heavy atom. The molecular formula is C47H44Li2N10O6S4. The van der Waals surface area contributed by atoms with Crippen LogP contribution in [-0.2, 0) is 45.2 Å². The molecule has 4 aromatic carbocycles. The van der Waals surface area contributed by atoms with Crippen molar-refractivity contribution in [2.75, 3.05) is 10.2 Å². The van der Waals surface area contributed by atoms with Crippen molar-refractivity contribution in [1.29, 1.82) is 5.26 Å². The molecule has 0 spiro atoms. The molecule has 4 heterocycles. The molecule has 8 rings (SSSR count). The van der Waals surface area contributed by atoms with Gasteiger partial charge in [0.15, 0.2) is 16.8 Å². The molecule has 69 heavy (non-hydrogen) atoms. The number of nitrogens with zero attached hydrogens (tertiary/aromatic N) is 9. The number of anilines is 5. The normalized spacial score (nSPS) is 11.6. The molecule has 0 atom stereocenters. The topological polar surface area (TPSA) is 219 Å². The number of nitriles is 1. The SMILES string of the molecule is CCc1cc(C)cc(CC)c1Nc1nc(N(c2nc3ccc(S(=O)(=O)[O-])cc3s2)c2c(CC)cc(C)cc2CC)cc(C)c1N=Nc1c(C#N)c(C)nn1-c1nc2ccc(SOO[O-])cc2s1.[Li+].[Li+]. The second-order valence-corrected chi connectivity index (χ2v) is 19.9. The number of rotatable bonds is 16. The summed E-state index contributed by atoms with van der Waals surface area (Å²) in [6, 6.07) is 22.3. The minimum atomic E-state index is -4.72. The van der Waals surface area contributed by atoms with E-state index in [9.17, 15) is 23.5 Å². The van der Waals surface area contributed by atoms with Gasteiger partial charge in [0.1, 0.15) is 33.3 Å². The second-order valence-electron chi connectivity index (χ2n) is 15.7. The van der Waals surface area contributed by atoms with Crippen LogP contribution in [0, 0.1) is 39.0 Å². The third-order valence-electron chi connectivity index (χ3n) is 11.2. The zero-order chi connectivity index (χ0) is 47.7. The standard InChI is InChI=1S/C47H46N10O6S4.2Li/c1-9-29-17-25(5)18-30(10-2)42(29)52-44-41(53-54-45-35(24-48)28(8)55-57(45)47-50-36-15-13-33(66-63-62-58)22-38(36)65-47)27(7)21-40(51-44)56(43-31(11-3)19-26(6)20-32(43)12-4)46-49-37-16-14-34(67(59,60)61)23-39(37)64-46;;/h13-23,58H,9-12H2,1-8H3,(H,51,52)(H,59,60,61);;/q;2*+1/p-2. The van der Waals surface area contributed by atoms with Gasteiger partial charge in [-0.1, -0.05) is 85.8 Å². The minimum Gasteiger partial charge on any atom is -0.744 e. The molecule has 0 radical (unpaired) electrons. The van der Waals surface area contributed by atoms with Gasteiger partial charge in [0.05, 0.1) is 48.8 Å². The first-order valence-electron chi connectivity index (χ1n) is 21.3. The predicted octanol–water partition coefficient (Wildman–Crippen LogP) is 5.61. The van der Waals surface area contributed by atoms with Crippen LogP contribution in [0.15, 0.2) is 86.7 Å². The van der Waals surface area contributed by atoms with Crippen molar-refractivity contribution in [2.24, 2.45) is 10.2 Å². The third kappa shape index (κ3) is 11.0. The van der Waals surface area contributed by atoms with E-state index in [1.807, 2.05) is 17.9 Å². The average molecular weight is 987 g/mol. The Morgan fingerprint density at radius 3 is 2.03 bits per heavy atom. The van der Waals surface area contributed by atoms with Crippen molar-refractivity contribution in [3.63, 3.8) is 0 Å². The maximum absolute atomic E-state index is 12.1. The molecule has 0 bridgehead atoms. The fourth-order valence-electron chi connectivity index (χ4n) is 8.03. The second kappa shape index (κ2) is 22.4. The van der Waals surface area contributed by atoms with Crippen molar-refractivity contribution < 1.29 is 65.3 Å². The first kappa shape index (κ1) is 53.4. The number of hydrogen-bond acceptors (Lipinski definition) is 18. The first-order chi connectivity index (χ1) is 32.2. The van der Waals surface area contributed by atoms with Crippen LogP contribution in [0.2, 0.25) is 0 Å². The van der Waals surface area contributed by atoms with E-state index >= 15 is 0 Å². The minimum absolute atomic E-state index is 0. The van der Waals surface area contributed by atoms with Gasteiger partial charge in [0, 0.05) is 10.6 Å². The molecule has 0 fully saturated rings. The molecule has 0 aliphatic carbocycles. The molecule has 344 valence electrons. The molecule has 22 heteroatoms. The summed E-state index contributed by atoms with van der Waals surface area (Å²) < 4.78 is 43.7. The number of pyridine rings is 1. The van der Waals surface area contributed by atoms with Crippen LogP contribution >= 0.6 is 34.7 Å². The maximum atomic E-state index is 12.1. The Labute approximate surface area is 436 Å². The number of aromatic nitrogens is 5. The van der Waals surface area contributed by atoms with Crippen molar-refractivity contribution in [1.82, 2.24) is 24.7 Å². The molecule has 1 N–H and O–H groups in total. The number of aryl methyl sites for hydroxylation is 8. The molecule has 0 saturated heterocycles. The largest absolute Gasteiger partial charge is 1.00 e. The van der Waals surface area contributed by atoms with Gasteiger partial charge < -0.3 is 15.1 Å². The van der Waals surface area contributed by atoms with E-state index in [0.717, 1.165) is 74.3 Å². The van der Waals surface area contributed by atoms with E-state index in [1.54, 1.807) is 31.2 Å². The van der Waals surface area contributed by atoms with Gasteiger partial charge in [-0.05, 0) is 124 Å². The molecule has 8 aromatic rings. The number of benzene rings is 4. The Bertz CT molecular complexity index is 3360. The van der Waals surface area contributed by atoms with Crippen LogP contribution in [0.3, 0.4) is 0 Å². The molecule has 0 unspecified atom stereocenters. The maximum Gasteiger partial charge on any atom is 1.00 e. The summed E-state index contributed by atoms with van der Waals surface area (Å²) in [5, 5.41) is 43.4. The van der Waals surface area contributed by atoms with Gasteiger partial charge in [-0.15, -0.1) is 10.2 Å². The number of fused-ring (bicyclic) bond motifs is 2. The first-order valence-corrected chi connectivity index (χ1v) is 25.1. The zero-order valence-electron chi connectivity index (χ0n) is 39.8. The summed E-state index contributed by atoms with van der Waals surface area (Å²) in [4.78, 5) is 17.5. The van der Waals surface area contributed by atoms with E-state index in [0.29, 0.717) is 72.3 Å². The molecular weight excluding hydrogens is 943 g/mol. The predicted molar refractivity (Wildman–Crippen MR) is 260 cm³/mol. The summed E-state index contributed by atoms with van der Waals surface area (Å²) in [5.41, 5.74) is 11.2. The van der Waals surface area contributed by atoms with Gasteiger partial charge in [0.2, 0.25) is 5.13 Å². The monoisotopic (exact) mass is 986 g/mol. The van der Waals surface area contributed by atoms with Crippen LogP contribution in [-0.4, -0.2) is 37.7 Å². The number of azo groups is 1. The summed E-state index contributed by atoms with van der Waals surface area (Å²) in [6.45, 7) is 16.2. The fraction of sp³-hybridized carbons (Fsp3) is 0.255. The van der Waals surface area contributed by atoms with Crippen LogP contribution in [0.5, 0.6) is 0 Å². The van der Waals surface area contributed by atoms with E-state index < -0.39 is 10.1 Å². The van der Waals surface area contributed by atoms with Gasteiger partial charge in [0.25, 0.3) is 0 Å². The van der Waals surface area contributed by atoms with Crippen LogP contribution in [0.1, 0.15) is 77.9 Å². The van der Waals surface area contributed by atoms with Crippen molar-refractivity contribution in [3.8, 4) is 11.2 Å². The third-order valence-corrected chi connectivity index (χ3v) is 14.6. The number of thiazole rings is 2. The average Bonchev–Trinajstić information content (AvgIpc) is 4.02. The smallest absolute Gasteiger partial charge is 0.744 e. The quantitative estimate of drug-likeness (QED) is 0.0311. The molecule has 0 aliphatic rings. The van der Waals surface area contributed by atoms with E-state index in [-0.39, 0.29) is 54.0 Å². The van der Waals surface area contributed by atoms with Crippen molar-refractivity contribution >= 4 is 105 Å². The summed E-state index contributed by atoms with van der Waals surface area (Å²) >= 11 is 3.33. The Hall–Kier alpha value is -4.96. The van der Waals surface area contributed by atoms with Crippen LogP contribution < -0.4 is 53.2 Å². The molecule has 0 amide bonds. The molecule has 0 saturated carbocycles. The summed E-state index contributed by atoms with van der Waals surface area (Å²) in [7, 11) is -4.72. The zero-order valence-corrected chi connectivity index (χ0v) is 43.1. The number of nitrogens with one attached hydrogen (secondary N) is 1. The number of hydrogen-bond donors (Lipinski definition) is 1. The Morgan fingerprint density at radius 1 is 0.812 bits per heavy atom. The van der Waals surface area contributed by atoms with Gasteiger partial charge in [-0.25, -0.2) is 23.4 Å². The molecule has 0 aliphatic heterocycles. The van der Waals surface area contributed by atoms with E-state index in [4.69, 9.17) is 25.2 Å². The Balaban J connectivity index is 0.00000391. The molecule has 4 aromatic heterocycles. The van der Waals surface area contributed by atoms with Gasteiger partial charge in [-0.3, -0.25) is 9.94 Å². The van der Waals surface area contributed by atoms with Crippen LogP contribution in [0.4, 0.5) is 39.6 Å². The van der Waals surface area contributed by atoms with Gasteiger partial charge in [-0.2, -0.15) is 19.4 Å². The van der Waals surface area contributed by atoms with Crippen molar-refractivity contribution in [2.45, 2.75) is 90.9 Å². The summed E-state index contributed by atoms with van der Waals surface area (Å²) in [5.74, 6) is 1.06. The van der Waals surface area contributed by atoms with E-state index in [1.165, 1.54) is 39.5 Å². The van der Waals surface area contributed by atoms with Crippen molar-refractivity contribution in [3.05, 3.63) is 117 Å². The molecule has 16 nitrogen and oxygen atoms in total. The fourth-order valence-corrected chi connectivity index (χ4v) is 11.0. The van der Waals surface area contributed by atoms with Crippen LogP contribution in [0.25, 0.3) is 25.6 Å². The van der Waals surface area contributed by atoms with Gasteiger partial charge >= 0.3 is 37.7 Å².